The minimum Gasteiger partial charge on any atom is -0.493 e. The fraction of sp³-hybridized carbons (Fsp3) is 0.227. The summed E-state index contributed by atoms with van der Waals surface area (Å²) >= 11 is 0. The van der Waals surface area contributed by atoms with Crippen LogP contribution in [-0.4, -0.2) is 38.8 Å². The van der Waals surface area contributed by atoms with Crippen LogP contribution >= 0.6 is 0 Å². The predicted molar refractivity (Wildman–Crippen MR) is 111 cm³/mol. The minimum atomic E-state index is -4.59. The van der Waals surface area contributed by atoms with Gasteiger partial charge >= 0.3 is 12.5 Å². The summed E-state index contributed by atoms with van der Waals surface area (Å²) in [6.45, 7) is 0. The monoisotopic (exact) mass is 452 g/mol. The lowest BCUT2D eigenvalue weighted by atomic mass is 10.1. The van der Waals surface area contributed by atoms with Gasteiger partial charge in [-0.05, 0) is 36.4 Å². The summed E-state index contributed by atoms with van der Waals surface area (Å²) in [5.74, 6) is 1.30. The highest BCUT2D eigenvalue weighted by molar-refractivity contribution is 5.70. The maximum absolute atomic E-state index is 13.2. The number of hydrogen-bond acceptors (Lipinski definition) is 6. The number of ether oxygens (including phenoxy) is 4. The summed E-state index contributed by atoms with van der Waals surface area (Å²) in [5.41, 5.74) is 1.56. The normalized spacial score (nSPS) is 11.2. The summed E-state index contributed by atoms with van der Waals surface area (Å²) in [6, 6.07) is 13.9. The Balaban J connectivity index is 1.87. The molecular weight excluding hydrogens is 432 g/mol. The molecule has 3 aromatic rings. The largest absolute Gasteiger partial charge is 0.493 e. The van der Waals surface area contributed by atoms with Crippen molar-refractivity contribution in [2.24, 2.45) is 0 Å². The van der Waals surface area contributed by atoms with Crippen molar-refractivity contribution in [2.45, 2.75) is 12.5 Å². The second-order valence-electron chi connectivity index (χ2n) is 6.44. The highest BCUT2D eigenvalue weighted by atomic mass is 19.3. The van der Waals surface area contributed by atoms with Crippen LogP contribution in [0, 0.1) is 0 Å². The Morgan fingerprint density at radius 2 is 1.53 bits per heavy atom. The first kappa shape index (κ1) is 23.0. The van der Waals surface area contributed by atoms with E-state index in [0.29, 0.717) is 40.0 Å². The van der Waals surface area contributed by atoms with Crippen molar-refractivity contribution in [1.82, 2.24) is 4.98 Å². The molecule has 32 heavy (non-hydrogen) atoms. The fourth-order valence-corrected chi connectivity index (χ4v) is 2.88. The zero-order valence-corrected chi connectivity index (χ0v) is 17.4. The average molecular weight is 452 g/mol. The fourth-order valence-electron chi connectivity index (χ4n) is 2.88. The molecule has 6 nitrogen and oxygen atoms in total. The lowest BCUT2D eigenvalue weighted by molar-refractivity contribution is -0.253. The van der Waals surface area contributed by atoms with Crippen molar-refractivity contribution in [3.8, 4) is 34.3 Å². The molecule has 0 bridgehead atoms. The van der Waals surface area contributed by atoms with E-state index in [9.17, 15) is 17.6 Å². The second-order valence-corrected chi connectivity index (χ2v) is 6.44. The van der Waals surface area contributed by atoms with Crippen LogP contribution in [0.1, 0.15) is 0 Å². The Bertz CT molecular complexity index is 1050. The number of pyridine rings is 1. The van der Waals surface area contributed by atoms with E-state index in [0.717, 1.165) is 6.07 Å². The lowest BCUT2D eigenvalue weighted by Gasteiger charge is -2.17. The maximum Gasteiger partial charge on any atom is 0.461 e. The number of nitrogens with zero attached hydrogens (tertiary/aromatic N) is 1. The first-order valence-corrected chi connectivity index (χ1v) is 9.27. The van der Waals surface area contributed by atoms with Crippen molar-refractivity contribution in [3.05, 3.63) is 54.6 Å². The molecule has 1 aromatic heterocycles. The van der Waals surface area contributed by atoms with Gasteiger partial charge in [0, 0.05) is 17.3 Å². The number of anilines is 2. The Hall–Kier alpha value is -3.69. The number of methoxy groups -OCH3 is 3. The number of benzene rings is 2. The summed E-state index contributed by atoms with van der Waals surface area (Å²) in [6.07, 6.45) is -8.54. The number of halogens is 4. The summed E-state index contributed by atoms with van der Waals surface area (Å²) in [7, 11) is 4.50. The Morgan fingerprint density at radius 1 is 0.875 bits per heavy atom. The Labute approximate surface area is 181 Å². The molecule has 0 aliphatic heterocycles. The van der Waals surface area contributed by atoms with E-state index in [-0.39, 0.29) is 0 Å². The summed E-state index contributed by atoms with van der Waals surface area (Å²) in [5, 5.41) is 2.94. The molecule has 0 atom stereocenters. The summed E-state index contributed by atoms with van der Waals surface area (Å²) in [4.78, 5) is 4.51. The van der Waals surface area contributed by atoms with E-state index >= 15 is 0 Å². The van der Waals surface area contributed by atoms with Gasteiger partial charge in [-0.15, -0.1) is 0 Å². The zero-order chi connectivity index (χ0) is 23.3. The molecular formula is C22H20F4N2O4. The molecule has 0 saturated carbocycles. The van der Waals surface area contributed by atoms with Crippen LogP contribution in [0.3, 0.4) is 0 Å². The number of alkyl halides is 4. The van der Waals surface area contributed by atoms with Crippen LogP contribution in [0.2, 0.25) is 0 Å². The molecule has 0 radical (unpaired) electrons. The molecule has 10 heteroatoms. The second kappa shape index (κ2) is 9.63. The van der Waals surface area contributed by atoms with Gasteiger partial charge < -0.3 is 24.3 Å². The first-order valence-electron chi connectivity index (χ1n) is 9.27. The molecule has 0 unspecified atom stereocenters. The molecule has 3 rings (SSSR count). The van der Waals surface area contributed by atoms with E-state index in [4.69, 9.17) is 14.2 Å². The van der Waals surface area contributed by atoms with Crippen molar-refractivity contribution in [3.63, 3.8) is 0 Å². The van der Waals surface area contributed by atoms with Crippen LogP contribution in [-0.2, 0) is 0 Å². The third-order valence-corrected chi connectivity index (χ3v) is 4.32. The van der Waals surface area contributed by atoms with Crippen LogP contribution in [0.15, 0.2) is 54.6 Å². The van der Waals surface area contributed by atoms with E-state index in [2.05, 4.69) is 15.0 Å². The number of aromatic nitrogens is 1. The molecule has 2 aromatic carbocycles. The predicted octanol–water partition coefficient (Wildman–Crippen LogP) is 5.75. The van der Waals surface area contributed by atoms with E-state index in [1.54, 1.807) is 36.4 Å². The highest BCUT2D eigenvalue weighted by Crippen LogP contribution is 2.41. The van der Waals surface area contributed by atoms with Crippen LogP contribution in [0.25, 0.3) is 11.3 Å². The topological polar surface area (TPSA) is 61.8 Å². The average Bonchev–Trinajstić information content (AvgIpc) is 2.78. The van der Waals surface area contributed by atoms with Gasteiger partial charge in [0.1, 0.15) is 11.6 Å². The molecule has 170 valence electrons. The van der Waals surface area contributed by atoms with Gasteiger partial charge in [-0.2, -0.15) is 17.6 Å². The van der Waals surface area contributed by atoms with Crippen LogP contribution < -0.4 is 24.3 Å². The number of hydrogen-bond donors (Lipinski definition) is 1. The molecule has 0 amide bonds. The van der Waals surface area contributed by atoms with Gasteiger partial charge in [0.2, 0.25) is 5.75 Å². The van der Waals surface area contributed by atoms with Gasteiger partial charge in [-0.1, -0.05) is 12.1 Å². The molecule has 1 N–H and O–H groups in total. The van der Waals surface area contributed by atoms with Crippen LogP contribution in [0.5, 0.6) is 23.0 Å². The minimum absolute atomic E-state index is 0.321. The van der Waals surface area contributed by atoms with E-state index in [1.807, 2.05) is 0 Å². The van der Waals surface area contributed by atoms with E-state index < -0.39 is 18.3 Å². The quantitative estimate of drug-likeness (QED) is 0.417. The molecule has 0 aliphatic carbocycles. The van der Waals surface area contributed by atoms with Gasteiger partial charge in [-0.3, -0.25) is 0 Å². The molecule has 0 saturated heterocycles. The Kier molecular flexibility index (Phi) is 6.92. The highest BCUT2D eigenvalue weighted by Gasteiger charge is 2.44. The SMILES string of the molecule is COc1cc(-c2cccc(Nc3cccc(OC(F)(F)C(F)F)c3)n2)cc(OC)c1OC. The van der Waals surface area contributed by atoms with E-state index in [1.165, 1.54) is 33.5 Å². The molecule has 0 fully saturated rings. The van der Waals surface area contributed by atoms with Crippen molar-refractivity contribution in [2.75, 3.05) is 26.6 Å². The summed E-state index contributed by atoms with van der Waals surface area (Å²) < 4.78 is 71.3. The standard InChI is InChI=1S/C22H20F4N2O4/c1-29-17-10-13(11-18(30-2)20(17)31-3)16-8-5-9-19(28-16)27-14-6-4-7-15(12-14)32-22(25,26)21(23)24/h4-12,21H,1-3H3,(H,27,28). The Morgan fingerprint density at radius 3 is 2.12 bits per heavy atom. The van der Waals surface area contributed by atoms with Gasteiger partial charge in [0.25, 0.3) is 0 Å². The van der Waals surface area contributed by atoms with Crippen LogP contribution in [0.4, 0.5) is 29.1 Å². The third-order valence-electron chi connectivity index (χ3n) is 4.32. The third kappa shape index (κ3) is 5.13. The zero-order valence-electron chi connectivity index (χ0n) is 17.4. The van der Waals surface area contributed by atoms with Crippen molar-refractivity contribution >= 4 is 11.5 Å². The molecule has 0 spiro atoms. The first-order chi connectivity index (χ1) is 15.3. The number of nitrogens with one attached hydrogen (secondary N) is 1. The molecule has 0 aliphatic rings. The maximum atomic E-state index is 13.2. The number of rotatable bonds is 9. The molecule has 1 heterocycles. The van der Waals surface area contributed by atoms with Gasteiger partial charge in [-0.25, -0.2) is 4.98 Å². The van der Waals surface area contributed by atoms with Crippen molar-refractivity contribution in [1.29, 1.82) is 0 Å². The smallest absolute Gasteiger partial charge is 0.461 e. The lowest BCUT2D eigenvalue weighted by Crippen LogP contribution is -2.33. The van der Waals surface area contributed by atoms with Gasteiger partial charge in [0.15, 0.2) is 11.5 Å². The van der Waals surface area contributed by atoms with Gasteiger partial charge in [0.05, 0.1) is 27.0 Å². The van der Waals surface area contributed by atoms with Crippen molar-refractivity contribution < 1.29 is 36.5 Å².